The molecule has 2 amide bonds. The number of para-hydroxylation sites is 1. The van der Waals surface area contributed by atoms with Crippen molar-refractivity contribution in [3.8, 4) is 5.75 Å². The van der Waals surface area contributed by atoms with Crippen LogP contribution in [0.1, 0.15) is 24.8 Å². The molecule has 0 N–H and O–H groups in total. The average molecular weight is 368 g/mol. The molecular weight excluding hydrogens is 347 g/mol. The smallest absolute Gasteiger partial charge is 0.264 e. The summed E-state index contributed by atoms with van der Waals surface area (Å²) in [4.78, 5) is 28.7. The highest BCUT2D eigenvalue weighted by Gasteiger charge is 2.35. The molecule has 0 radical (unpaired) electrons. The van der Waals surface area contributed by atoms with E-state index in [-0.39, 0.29) is 43.2 Å². The zero-order valence-electron chi connectivity index (χ0n) is 14.9. The molecule has 1 fully saturated rings. The molecule has 0 bridgehead atoms. The van der Waals surface area contributed by atoms with Gasteiger partial charge < -0.3 is 14.5 Å². The van der Waals surface area contributed by atoms with Crippen LogP contribution in [0.3, 0.4) is 0 Å². The number of benzene rings is 2. The van der Waals surface area contributed by atoms with Crippen LogP contribution in [-0.4, -0.2) is 35.9 Å². The SMILES string of the molecule is O=C(COc1ccccc1)N1CCC(=O)N(C2CC2)Cc2cc(F)ccc21. The van der Waals surface area contributed by atoms with E-state index >= 15 is 0 Å². The highest BCUT2D eigenvalue weighted by molar-refractivity contribution is 5.96. The monoisotopic (exact) mass is 368 g/mol. The quantitative estimate of drug-likeness (QED) is 0.833. The van der Waals surface area contributed by atoms with Gasteiger partial charge in [0, 0.05) is 31.2 Å². The Morgan fingerprint density at radius 1 is 1.15 bits per heavy atom. The summed E-state index contributed by atoms with van der Waals surface area (Å²) < 4.78 is 19.4. The highest BCUT2D eigenvalue weighted by atomic mass is 19.1. The van der Waals surface area contributed by atoms with Gasteiger partial charge in [0.1, 0.15) is 11.6 Å². The maximum Gasteiger partial charge on any atom is 0.264 e. The molecule has 1 aliphatic carbocycles. The molecule has 0 atom stereocenters. The van der Waals surface area contributed by atoms with E-state index < -0.39 is 0 Å². The van der Waals surface area contributed by atoms with E-state index in [1.54, 1.807) is 23.1 Å². The third kappa shape index (κ3) is 3.94. The molecule has 5 nitrogen and oxygen atoms in total. The van der Waals surface area contributed by atoms with Gasteiger partial charge >= 0.3 is 0 Å². The van der Waals surface area contributed by atoms with Crippen molar-refractivity contribution in [1.82, 2.24) is 4.90 Å². The van der Waals surface area contributed by atoms with Crippen LogP contribution < -0.4 is 9.64 Å². The normalized spacial score (nSPS) is 17.1. The molecule has 1 heterocycles. The van der Waals surface area contributed by atoms with Crippen LogP contribution >= 0.6 is 0 Å². The van der Waals surface area contributed by atoms with Gasteiger partial charge in [-0.15, -0.1) is 0 Å². The van der Waals surface area contributed by atoms with E-state index in [2.05, 4.69) is 0 Å². The fraction of sp³-hybridized carbons (Fsp3) is 0.333. The molecule has 2 aromatic rings. The van der Waals surface area contributed by atoms with Crippen molar-refractivity contribution in [2.24, 2.45) is 0 Å². The number of hydrogen-bond acceptors (Lipinski definition) is 3. The predicted molar refractivity (Wildman–Crippen MR) is 98.9 cm³/mol. The Kier molecular flexibility index (Phi) is 4.79. The lowest BCUT2D eigenvalue weighted by molar-refractivity contribution is -0.132. The summed E-state index contributed by atoms with van der Waals surface area (Å²) in [5.74, 6) is -0.00719. The van der Waals surface area contributed by atoms with Crippen molar-refractivity contribution >= 4 is 17.5 Å². The first kappa shape index (κ1) is 17.5. The Hall–Kier alpha value is -2.89. The molecule has 140 valence electrons. The topological polar surface area (TPSA) is 49.9 Å². The van der Waals surface area contributed by atoms with Gasteiger partial charge in [0.15, 0.2) is 6.61 Å². The second-order valence-electron chi connectivity index (χ2n) is 6.92. The molecule has 4 rings (SSSR count). The molecule has 0 aromatic heterocycles. The zero-order chi connectivity index (χ0) is 18.8. The molecule has 0 spiro atoms. The van der Waals surface area contributed by atoms with Crippen molar-refractivity contribution in [2.45, 2.75) is 31.8 Å². The fourth-order valence-corrected chi connectivity index (χ4v) is 3.40. The number of carbonyl (C=O) groups is 2. The lowest BCUT2D eigenvalue weighted by atomic mass is 10.1. The minimum absolute atomic E-state index is 0.00851. The van der Waals surface area contributed by atoms with Crippen LogP contribution in [-0.2, 0) is 16.1 Å². The van der Waals surface area contributed by atoms with Crippen molar-refractivity contribution in [2.75, 3.05) is 18.1 Å². The summed E-state index contributed by atoms with van der Waals surface area (Å²) in [6, 6.07) is 13.7. The first-order valence-electron chi connectivity index (χ1n) is 9.18. The van der Waals surface area contributed by atoms with E-state index in [4.69, 9.17) is 4.74 Å². The highest BCUT2D eigenvalue weighted by Crippen LogP contribution is 2.33. The van der Waals surface area contributed by atoms with Crippen LogP contribution in [0.5, 0.6) is 5.75 Å². The van der Waals surface area contributed by atoms with Crippen LogP contribution in [0.2, 0.25) is 0 Å². The van der Waals surface area contributed by atoms with Gasteiger partial charge in [0.2, 0.25) is 5.91 Å². The van der Waals surface area contributed by atoms with E-state index in [9.17, 15) is 14.0 Å². The van der Waals surface area contributed by atoms with E-state index in [0.717, 1.165) is 12.8 Å². The summed E-state index contributed by atoms with van der Waals surface area (Å²) in [6.45, 7) is 0.457. The number of halogens is 1. The van der Waals surface area contributed by atoms with Crippen molar-refractivity contribution in [1.29, 1.82) is 0 Å². The van der Waals surface area contributed by atoms with E-state index in [1.807, 2.05) is 23.1 Å². The fourth-order valence-electron chi connectivity index (χ4n) is 3.40. The standard InChI is InChI=1S/C21H21FN2O3/c22-16-6-9-19-15(12-16)13-24(17-7-8-17)20(25)10-11-23(19)21(26)14-27-18-4-2-1-3-5-18/h1-6,9,12,17H,7-8,10-11,13-14H2. The minimum atomic E-state index is -0.370. The van der Waals surface area contributed by atoms with Crippen LogP contribution in [0.15, 0.2) is 48.5 Å². The van der Waals surface area contributed by atoms with Gasteiger partial charge in [-0.05, 0) is 48.7 Å². The molecule has 2 aromatic carbocycles. The van der Waals surface area contributed by atoms with E-state index in [1.165, 1.54) is 12.1 Å². The maximum atomic E-state index is 13.8. The van der Waals surface area contributed by atoms with Crippen molar-refractivity contribution in [3.05, 3.63) is 59.9 Å². The Morgan fingerprint density at radius 3 is 2.67 bits per heavy atom. The summed E-state index contributed by atoms with van der Waals surface area (Å²) in [6.07, 6.45) is 2.23. The van der Waals surface area contributed by atoms with Crippen LogP contribution in [0, 0.1) is 5.82 Å². The van der Waals surface area contributed by atoms with Crippen molar-refractivity contribution < 1.29 is 18.7 Å². The van der Waals surface area contributed by atoms with Gasteiger partial charge in [-0.1, -0.05) is 18.2 Å². The van der Waals surface area contributed by atoms with Crippen LogP contribution in [0.4, 0.5) is 10.1 Å². The largest absolute Gasteiger partial charge is 0.484 e. The van der Waals surface area contributed by atoms with Gasteiger partial charge in [-0.2, -0.15) is 0 Å². The lowest BCUT2D eigenvalue weighted by Crippen LogP contribution is -2.43. The Bertz CT molecular complexity index is 852. The molecule has 0 unspecified atom stereocenters. The zero-order valence-corrected chi connectivity index (χ0v) is 14.9. The summed E-state index contributed by atoms with van der Waals surface area (Å²) in [5, 5.41) is 0. The molecule has 6 heteroatoms. The lowest BCUT2D eigenvalue weighted by Gasteiger charge is -2.32. The van der Waals surface area contributed by atoms with Gasteiger partial charge in [-0.3, -0.25) is 9.59 Å². The maximum absolute atomic E-state index is 13.8. The van der Waals surface area contributed by atoms with Gasteiger partial charge in [0.25, 0.3) is 5.91 Å². The Morgan fingerprint density at radius 2 is 1.93 bits per heavy atom. The van der Waals surface area contributed by atoms with Crippen LogP contribution in [0.25, 0.3) is 0 Å². The number of ether oxygens (including phenoxy) is 1. The number of amides is 2. The number of anilines is 1. The summed E-state index contributed by atoms with van der Waals surface area (Å²) >= 11 is 0. The second kappa shape index (κ2) is 7.39. The molecule has 2 aliphatic rings. The van der Waals surface area contributed by atoms with Crippen molar-refractivity contribution in [3.63, 3.8) is 0 Å². The summed E-state index contributed by atoms with van der Waals surface area (Å²) in [7, 11) is 0. The van der Waals surface area contributed by atoms with Gasteiger partial charge in [-0.25, -0.2) is 4.39 Å². The molecule has 27 heavy (non-hydrogen) atoms. The number of hydrogen-bond donors (Lipinski definition) is 0. The van der Waals surface area contributed by atoms with E-state index in [0.29, 0.717) is 23.5 Å². The number of fused-ring (bicyclic) bond motifs is 1. The number of nitrogens with zero attached hydrogens (tertiary/aromatic N) is 2. The number of rotatable bonds is 4. The molecule has 1 saturated carbocycles. The molecular formula is C21H21FN2O3. The Balaban J connectivity index is 1.57. The molecule has 1 aliphatic heterocycles. The predicted octanol–water partition coefficient (Wildman–Crippen LogP) is 3.13. The first-order valence-corrected chi connectivity index (χ1v) is 9.18. The molecule has 0 saturated heterocycles. The average Bonchev–Trinajstić information content (AvgIpc) is 3.50. The third-order valence-corrected chi connectivity index (χ3v) is 4.94. The number of carbonyl (C=O) groups excluding carboxylic acids is 2. The second-order valence-corrected chi connectivity index (χ2v) is 6.92. The minimum Gasteiger partial charge on any atom is -0.484 e. The van der Waals surface area contributed by atoms with Gasteiger partial charge in [0.05, 0.1) is 0 Å². The first-order chi connectivity index (χ1) is 13.1. The Labute approximate surface area is 157 Å². The third-order valence-electron chi connectivity index (χ3n) is 4.94. The summed E-state index contributed by atoms with van der Waals surface area (Å²) in [5.41, 5.74) is 1.30.